The number of rotatable bonds is 6. The minimum Gasteiger partial charge on any atom is -0.455 e. The molecule has 4 nitrogen and oxygen atoms in total. The summed E-state index contributed by atoms with van der Waals surface area (Å²) < 4.78 is 29.6. The molecular formula is C17H17F2NO3S. The molecule has 2 bridgehead atoms. The lowest BCUT2D eigenvalue weighted by Gasteiger charge is -2.16. The number of esters is 1. The molecule has 0 aliphatic heterocycles. The van der Waals surface area contributed by atoms with E-state index in [1.807, 2.05) is 0 Å². The van der Waals surface area contributed by atoms with E-state index < -0.39 is 11.7 Å². The Hall–Kier alpha value is -1.89. The number of thioether (sulfide) groups is 1. The highest BCUT2D eigenvalue weighted by atomic mass is 32.2. The van der Waals surface area contributed by atoms with Gasteiger partial charge in [0, 0.05) is 10.6 Å². The summed E-state index contributed by atoms with van der Waals surface area (Å²) in [6.07, 6.45) is 5.98. The molecular weight excluding hydrogens is 336 g/mol. The van der Waals surface area contributed by atoms with Crippen LogP contribution in [0.15, 0.2) is 41.3 Å². The summed E-state index contributed by atoms with van der Waals surface area (Å²) in [5.41, 5.74) is 0.470. The van der Waals surface area contributed by atoms with E-state index in [0.29, 0.717) is 28.3 Å². The van der Waals surface area contributed by atoms with Gasteiger partial charge in [-0.15, -0.1) is 0 Å². The number of ether oxygens (including phenoxy) is 1. The first kappa shape index (κ1) is 17.0. The number of fused-ring (bicyclic) bond motifs is 2. The maximum absolute atomic E-state index is 12.2. The van der Waals surface area contributed by atoms with Crippen molar-refractivity contribution in [1.29, 1.82) is 0 Å². The van der Waals surface area contributed by atoms with Crippen molar-refractivity contribution in [2.45, 2.75) is 23.5 Å². The van der Waals surface area contributed by atoms with Gasteiger partial charge in [-0.2, -0.15) is 8.78 Å². The highest BCUT2D eigenvalue weighted by Crippen LogP contribution is 2.43. The zero-order chi connectivity index (χ0) is 17.1. The molecule has 24 heavy (non-hydrogen) atoms. The Labute approximate surface area is 142 Å². The second-order valence-corrected chi connectivity index (χ2v) is 7.01. The third-order valence-corrected chi connectivity index (χ3v) is 5.01. The number of carbonyl (C=O) groups excluding carboxylic acids is 2. The van der Waals surface area contributed by atoms with Crippen molar-refractivity contribution in [3.63, 3.8) is 0 Å². The van der Waals surface area contributed by atoms with Crippen LogP contribution in [0, 0.1) is 17.8 Å². The van der Waals surface area contributed by atoms with E-state index >= 15 is 0 Å². The third kappa shape index (κ3) is 4.14. The van der Waals surface area contributed by atoms with E-state index in [1.54, 1.807) is 0 Å². The smallest absolute Gasteiger partial charge is 0.310 e. The number of halogens is 2. The standard InChI is InChI=1S/C17H17F2NO3S/c18-17(19)24-13-5-3-12(4-6-13)20-15(21)9-23-16(22)14-8-10-1-2-11(14)7-10/h1-6,10-11,14,17H,7-9H2,(H,20,21). The van der Waals surface area contributed by atoms with Crippen molar-refractivity contribution in [2.75, 3.05) is 11.9 Å². The molecule has 3 rings (SSSR count). The molecule has 2 aliphatic carbocycles. The summed E-state index contributed by atoms with van der Waals surface area (Å²) >= 11 is 0.439. The van der Waals surface area contributed by atoms with E-state index in [2.05, 4.69) is 17.5 Å². The van der Waals surface area contributed by atoms with Crippen LogP contribution in [0.3, 0.4) is 0 Å². The summed E-state index contributed by atoms with van der Waals surface area (Å²) in [6.45, 7) is -0.343. The summed E-state index contributed by atoms with van der Waals surface area (Å²) in [5, 5.41) is 2.58. The number of carbonyl (C=O) groups is 2. The molecule has 128 valence electrons. The third-order valence-electron chi connectivity index (χ3n) is 4.29. The van der Waals surface area contributed by atoms with E-state index in [1.165, 1.54) is 24.3 Å². The molecule has 0 heterocycles. The minimum absolute atomic E-state index is 0.140. The van der Waals surface area contributed by atoms with Gasteiger partial charge in [0.15, 0.2) is 6.61 Å². The number of hydrogen-bond acceptors (Lipinski definition) is 4. The molecule has 1 N–H and O–H groups in total. The highest BCUT2D eigenvalue weighted by Gasteiger charge is 2.40. The molecule has 0 saturated heterocycles. The van der Waals surface area contributed by atoms with Gasteiger partial charge in [-0.05, 0) is 48.9 Å². The minimum atomic E-state index is -2.48. The van der Waals surface area contributed by atoms with Crippen molar-refractivity contribution in [3.05, 3.63) is 36.4 Å². The zero-order valence-corrected chi connectivity index (χ0v) is 13.6. The zero-order valence-electron chi connectivity index (χ0n) is 12.8. The van der Waals surface area contributed by atoms with Gasteiger partial charge in [0.1, 0.15) is 0 Å². The fraction of sp³-hybridized carbons (Fsp3) is 0.412. The Morgan fingerprint density at radius 1 is 1.21 bits per heavy atom. The Kier molecular flexibility index (Phi) is 5.18. The lowest BCUT2D eigenvalue weighted by Crippen LogP contribution is -2.26. The monoisotopic (exact) mass is 353 g/mol. The average molecular weight is 353 g/mol. The quantitative estimate of drug-likeness (QED) is 0.481. The van der Waals surface area contributed by atoms with Gasteiger partial charge < -0.3 is 10.1 Å². The summed E-state index contributed by atoms with van der Waals surface area (Å²) in [6, 6.07) is 6.07. The highest BCUT2D eigenvalue weighted by molar-refractivity contribution is 7.99. The number of alkyl halides is 2. The van der Waals surface area contributed by atoms with Crippen molar-refractivity contribution >= 4 is 29.3 Å². The molecule has 3 atom stereocenters. The van der Waals surface area contributed by atoms with Crippen molar-refractivity contribution in [2.24, 2.45) is 17.8 Å². The molecule has 1 aromatic carbocycles. The molecule has 7 heteroatoms. The Morgan fingerprint density at radius 2 is 1.96 bits per heavy atom. The number of nitrogens with one attached hydrogen (secondary N) is 1. The number of allylic oxidation sites excluding steroid dienone is 2. The molecule has 1 amide bonds. The largest absolute Gasteiger partial charge is 0.455 e. The van der Waals surface area contributed by atoms with Crippen LogP contribution in [0.2, 0.25) is 0 Å². The fourth-order valence-corrected chi connectivity index (χ4v) is 3.71. The number of anilines is 1. The Morgan fingerprint density at radius 3 is 2.54 bits per heavy atom. The van der Waals surface area contributed by atoms with Gasteiger partial charge in [-0.3, -0.25) is 9.59 Å². The van der Waals surface area contributed by atoms with Crippen molar-refractivity contribution in [3.8, 4) is 0 Å². The summed E-state index contributed by atoms with van der Waals surface area (Å²) in [4.78, 5) is 24.3. The summed E-state index contributed by atoms with van der Waals surface area (Å²) in [5.74, 6) is -2.69. The van der Waals surface area contributed by atoms with Crippen LogP contribution in [-0.4, -0.2) is 24.2 Å². The molecule has 0 radical (unpaired) electrons. The fourth-order valence-electron chi connectivity index (χ4n) is 3.21. The van der Waals surface area contributed by atoms with Crippen LogP contribution >= 0.6 is 11.8 Å². The van der Waals surface area contributed by atoms with E-state index in [4.69, 9.17) is 4.74 Å². The van der Waals surface area contributed by atoms with Crippen LogP contribution in [0.1, 0.15) is 12.8 Å². The van der Waals surface area contributed by atoms with Crippen LogP contribution in [-0.2, 0) is 14.3 Å². The Balaban J connectivity index is 1.44. The first-order chi connectivity index (χ1) is 11.5. The molecule has 3 unspecified atom stereocenters. The second-order valence-electron chi connectivity index (χ2n) is 5.95. The lowest BCUT2D eigenvalue weighted by molar-refractivity contribution is -0.152. The van der Waals surface area contributed by atoms with E-state index in [9.17, 15) is 18.4 Å². The Bertz CT molecular complexity index is 648. The molecule has 1 aromatic rings. The van der Waals surface area contributed by atoms with Gasteiger partial charge >= 0.3 is 5.97 Å². The van der Waals surface area contributed by atoms with Crippen LogP contribution in [0.5, 0.6) is 0 Å². The average Bonchev–Trinajstić information content (AvgIpc) is 3.17. The lowest BCUT2D eigenvalue weighted by atomic mass is 9.94. The molecule has 0 spiro atoms. The SMILES string of the molecule is O=C(COC(=O)C1CC2C=CC1C2)Nc1ccc(SC(F)F)cc1. The van der Waals surface area contributed by atoms with Crippen molar-refractivity contribution < 1.29 is 23.1 Å². The van der Waals surface area contributed by atoms with E-state index in [-0.39, 0.29) is 24.4 Å². The predicted molar refractivity (Wildman–Crippen MR) is 86.7 cm³/mol. The van der Waals surface area contributed by atoms with Crippen LogP contribution in [0.25, 0.3) is 0 Å². The van der Waals surface area contributed by atoms with Gasteiger partial charge in [-0.25, -0.2) is 0 Å². The van der Waals surface area contributed by atoms with E-state index in [0.717, 1.165) is 12.8 Å². The topological polar surface area (TPSA) is 55.4 Å². The predicted octanol–water partition coefficient (Wildman–Crippen LogP) is 3.70. The number of hydrogen-bond donors (Lipinski definition) is 1. The van der Waals surface area contributed by atoms with Gasteiger partial charge in [0.2, 0.25) is 0 Å². The molecule has 1 saturated carbocycles. The first-order valence-corrected chi connectivity index (χ1v) is 8.59. The van der Waals surface area contributed by atoms with Crippen LogP contribution in [0.4, 0.5) is 14.5 Å². The maximum atomic E-state index is 12.2. The van der Waals surface area contributed by atoms with Crippen LogP contribution < -0.4 is 5.32 Å². The number of amides is 1. The molecule has 1 fully saturated rings. The first-order valence-electron chi connectivity index (χ1n) is 7.71. The second kappa shape index (κ2) is 7.34. The molecule has 2 aliphatic rings. The normalized spacial score (nSPS) is 24.4. The number of benzene rings is 1. The maximum Gasteiger partial charge on any atom is 0.310 e. The molecule has 0 aromatic heterocycles. The van der Waals surface area contributed by atoms with Gasteiger partial charge in [0.25, 0.3) is 11.7 Å². The van der Waals surface area contributed by atoms with Crippen molar-refractivity contribution in [1.82, 2.24) is 0 Å². The summed E-state index contributed by atoms with van der Waals surface area (Å²) in [7, 11) is 0. The van der Waals surface area contributed by atoms with Gasteiger partial charge in [-0.1, -0.05) is 23.9 Å². The van der Waals surface area contributed by atoms with Gasteiger partial charge in [0.05, 0.1) is 5.92 Å².